The fraction of sp³-hybridized carbons (Fsp3) is 0.333. The molecular weight excluding hydrogens is 208 g/mol. The first-order chi connectivity index (χ1) is 7.36. The van der Waals surface area contributed by atoms with Gasteiger partial charge in [-0.15, -0.1) is 0 Å². The highest BCUT2D eigenvalue weighted by Crippen LogP contribution is 2.29. The smallest absolute Gasteiger partial charge is 0.0648 e. The van der Waals surface area contributed by atoms with Gasteiger partial charge in [0.25, 0.3) is 0 Å². The second-order valence-corrected chi connectivity index (χ2v) is 4.43. The summed E-state index contributed by atoms with van der Waals surface area (Å²) in [7, 11) is 0. The number of hydrogen-bond acceptors (Lipinski definition) is 1. The van der Waals surface area contributed by atoms with E-state index in [-0.39, 0.29) is 0 Å². The van der Waals surface area contributed by atoms with Crippen LogP contribution in [0.1, 0.15) is 17.7 Å². The van der Waals surface area contributed by atoms with Gasteiger partial charge in [0.2, 0.25) is 0 Å². The first kappa shape index (κ1) is 9.25. The second kappa shape index (κ2) is 3.54. The third kappa shape index (κ3) is 1.45. The van der Waals surface area contributed by atoms with Gasteiger partial charge in [0.1, 0.15) is 0 Å². The Morgan fingerprint density at radius 2 is 2.20 bits per heavy atom. The van der Waals surface area contributed by atoms with E-state index in [0.29, 0.717) is 0 Å². The van der Waals surface area contributed by atoms with Crippen LogP contribution in [0.2, 0.25) is 5.02 Å². The minimum atomic E-state index is 0.820. The van der Waals surface area contributed by atoms with Gasteiger partial charge in [-0.2, -0.15) is 0 Å². The quantitative estimate of drug-likeness (QED) is 0.702. The van der Waals surface area contributed by atoms with Gasteiger partial charge in [-0.1, -0.05) is 23.7 Å². The monoisotopic (exact) mass is 220 g/mol. The number of fused-ring (bicyclic) bond motifs is 3. The van der Waals surface area contributed by atoms with Crippen molar-refractivity contribution in [2.45, 2.75) is 19.4 Å². The fourth-order valence-corrected chi connectivity index (χ4v) is 2.55. The molecular formula is C12H13ClN2. The van der Waals surface area contributed by atoms with Crippen molar-refractivity contribution >= 4 is 22.5 Å². The average molecular weight is 221 g/mol. The first-order valence-corrected chi connectivity index (χ1v) is 5.73. The van der Waals surface area contributed by atoms with Crippen LogP contribution in [-0.4, -0.2) is 11.5 Å². The number of aryl methyl sites for hydroxylation is 1. The minimum Gasteiger partial charge on any atom is -0.356 e. The Hall–Kier alpha value is -0.990. The van der Waals surface area contributed by atoms with Gasteiger partial charge in [0, 0.05) is 17.6 Å². The molecule has 3 rings (SSSR count). The van der Waals surface area contributed by atoms with Crippen molar-refractivity contribution in [2.75, 3.05) is 6.54 Å². The summed E-state index contributed by atoms with van der Waals surface area (Å²) < 4.78 is 0. The van der Waals surface area contributed by atoms with Crippen molar-refractivity contribution < 1.29 is 0 Å². The van der Waals surface area contributed by atoms with Crippen LogP contribution in [0.5, 0.6) is 0 Å². The zero-order chi connectivity index (χ0) is 10.3. The molecule has 2 aromatic rings. The highest BCUT2D eigenvalue weighted by molar-refractivity contribution is 6.35. The summed E-state index contributed by atoms with van der Waals surface area (Å²) in [6.07, 6.45) is 2.34. The summed E-state index contributed by atoms with van der Waals surface area (Å²) >= 11 is 6.17. The molecule has 0 aliphatic carbocycles. The molecule has 1 aliphatic rings. The molecule has 2 nitrogen and oxygen atoms in total. The van der Waals surface area contributed by atoms with E-state index in [4.69, 9.17) is 11.6 Å². The number of hydrogen-bond donors (Lipinski definition) is 2. The van der Waals surface area contributed by atoms with Crippen molar-refractivity contribution in [3.63, 3.8) is 0 Å². The number of para-hydroxylation sites is 1. The minimum absolute atomic E-state index is 0.820. The van der Waals surface area contributed by atoms with Gasteiger partial charge < -0.3 is 10.3 Å². The summed E-state index contributed by atoms with van der Waals surface area (Å²) in [5.74, 6) is 0. The predicted molar refractivity (Wildman–Crippen MR) is 63.3 cm³/mol. The van der Waals surface area contributed by atoms with E-state index in [1.54, 1.807) is 0 Å². The van der Waals surface area contributed by atoms with E-state index in [1.807, 2.05) is 12.1 Å². The van der Waals surface area contributed by atoms with Crippen LogP contribution >= 0.6 is 11.6 Å². The average Bonchev–Trinajstić information content (AvgIpc) is 2.45. The highest BCUT2D eigenvalue weighted by atomic mass is 35.5. The molecule has 0 spiro atoms. The van der Waals surface area contributed by atoms with Crippen LogP contribution in [0.3, 0.4) is 0 Å². The topological polar surface area (TPSA) is 27.8 Å². The first-order valence-electron chi connectivity index (χ1n) is 5.35. The lowest BCUT2D eigenvalue weighted by Gasteiger charge is -1.97. The summed E-state index contributed by atoms with van der Waals surface area (Å²) in [6, 6.07) is 6.12. The molecule has 0 saturated carbocycles. The number of benzene rings is 1. The van der Waals surface area contributed by atoms with Crippen molar-refractivity contribution in [3.8, 4) is 0 Å². The van der Waals surface area contributed by atoms with Crippen LogP contribution in [0.15, 0.2) is 18.2 Å². The number of nitrogens with one attached hydrogen (secondary N) is 2. The maximum absolute atomic E-state index is 6.17. The molecule has 0 fully saturated rings. The molecule has 2 N–H and O–H groups in total. The standard InChI is InChI=1S/C12H13ClN2/c13-10-5-1-3-9-8-4-2-6-14-7-11(8)15-12(9)10/h1,3,5,14-15H,2,4,6-7H2. The summed E-state index contributed by atoms with van der Waals surface area (Å²) in [6.45, 7) is 2.03. The Morgan fingerprint density at radius 1 is 1.27 bits per heavy atom. The molecule has 0 bridgehead atoms. The molecule has 1 aromatic carbocycles. The maximum Gasteiger partial charge on any atom is 0.0648 e. The normalized spacial score (nSPS) is 16.3. The number of aromatic nitrogens is 1. The van der Waals surface area contributed by atoms with E-state index in [0.717, 1.165) is 30.0 Å². The lowest BCUT2D eigenvalue weighted by molar-refractivity contribution is 0.675. The molecule has 0 unspecified atom stereocenters. The summed E-state index contributed by atoms with van der Waals surface area (Å²) in [4.78, 5) is 3.43. The van der Waals surface area contributed by atoms with Crippen molar-refractivity contribution in [3.05, 3.63) is 34.5 Å². The van der Waals surface area contributed by atoms with Crippen LogP contribution in [0, 0.1) is 0 Å². The third-order valence-corrected chi connectivity index (χ3v) is 3.38. The number of aromatic amines is 1. The zero-order valence-electron chi connectivity index (χ0n) is 8.44. The van der Waals surface area contributed by atoms with E-state index in [2.05, 4.69) is 16.4 Å². The molecule has 0 radical (unpaired) electrons. The Labute approximate surface area is 93.6 Å². The molecule has 0 atom stereocenters. The van der Waals surface area contributed by atoms with Gasteiger partial charge in [0.15, 0.2) is 0 Å². The van der Waals surface area contributed by atoms with Gasteiger partial charge >= 0.3 is 0 Å². The largest absolute Gasteiger partial charge is 0.356 e. The number of rotatable bonds is 0. The molecule has 3 heteroatoms. The number of halogens is 1. The van der Waals surface area contributed by atoms with E-state index < -0.39 is 0 Å². The molecule has 0 amide bonds. The lowest BCUT2D eigenvalue weighted by Crippen LogP contribution is -2.12. The Balaban J connectivity index is 2.28. The summed E-state index contributed by atoms with van der Waals surface area (Å²) in [5, 5.41) is 5.52. The molecule has 0 saturated heterocycles. The molecule has 1 aromatic heterocycles. The van der Waals surface area contributed by atoms with Crippen LogP contribution in [0.4, 0.5) is 0 Å². The SMILES string of the molecule is Clc1cccc2c3c([nH]c12)CNCCC3. The Bertz CT molecular complexity index is 502. The fourth-order valence-electron chi connectivity index (χ4n) is 2.33. The maximum atomic E-state index is 6.17. The van der Waals surface area contributed by atoms with Gasteiger partial charge in [-0.3, -0.25) is 0 Å². The predicted octanol–water partition coefficient (Wildman–Crippen LogP) is 2.86. The van der Waals surface area contributed by atoms with Crippen LogP contribution in [0.25, 0.3) is 10.9 Å². The molecule has 1 aliphatic heterocycles. The van der Waals surface area contributed by atoms with Gasteiger partial charge in [-0.05, 0) is 31.0 Å². The lowest BCUT2D eigenvalue weighted by atomic mass is 10.1. The van der Waals surface area contributed by atoms with Crippen LogP contribution in [-0.2, 0) is 13.0 Å². The molecule has 2 heterocycles. The van der Waals surface area contributed by atoms with Crippen molar-refractivity contribution in [2.24, 2.45) is 0 Å². The molecule has 78 valence electrons. The molecule has 15 heavy (non-hydrogen) atoms. The Kier molecular flexibility index (Phi) is 2.19. The van der Waals surface area contributed by atoms with E-state index in [1.165, 1.54) is 23.1 Å². The summed E-state index contributed by atoms with van der Waals surface area (Å²) in [5.41, 5.74) is 3.83. The Morgan fingerprint density at radius 3 is 3.13 bits per heavy atom. The zero-order valence-corrected chi connectivity index (χ0v) is 9.19. The highest BCUT2D eigenvalue weighted by Gasteiger charge is 2.14. The second-order valence-electron chi connectivity index (χ2n) is 4.02. The van der Waals surface area contributed by atoms with Gasteiger partial charge in [-0.25, -0.2) is 0 Å². The van der Waals surface area contributed by atoms with Crippen molar-refractivity contribution in [1.29, 1.82) is 0 Å². The van der Waals surface area contributed by atoms with Crippen LogP contribution < -0.4 is 5.32 Å². The van der Waals surface area contributed by atoms with E-state index in [9.17, 15) is 0 Å². The van der Waals surface area contributed by atoms with Gasteiger partial charge in [0.05, 0.1) is 10.5 Å². The van der Waals surface area contributed by atoms with Crippen molar-refractivity contribution in [1.82, 2.24) is 10.3 Å². The third-order valence-electron chi connectivity index (χ3n) is 3.06. The number of H-pyrrole nitrogens is 1. The van der Waals surface area contributed by atoms with E-state index >= 15 is 0 Å².